The van der Waals surface area contributed by atoms with Gasteiger partial charge in [0.05, 0.1) is 12.1 Å². The third kappa shape index (κ3) is 5.27. The maximum Gasteiger partial charge on any atom is 0.139 e. The van der Waals surface area contributed by atoms with Gasteiger partial charge in [0.1, 0.15) is 6.29 Å². The molecule has 0 heterocycles. The summed E-state index contributed by atoms with van der Waals surface area (Å²) in [7, 11) is 1.66. The van der Waals surface area contributed by atoms with Gasteiger partial charge in [0.2, 0.25) is 0 Å². The minimum atomic E-state index is -0.581. The lowest BCUT2D eigenvalue weighted by atomic mass is 10.0. The topological polar surface area (TPSA) is 49.3 Å². The molecule has 0 aromatic carbocycles. The Morgan fingerprint density at radius 1 is 1.33 bits per heavy atom. The highest BCUT2D eigenvalue weighted by Gasteiger charge is 2.18. The van der Waals surface area contributed by atoms with Crippen LogP contribution in [0.15, 0.2) is 0 Å². The molecule has 0 rings (SSSR count). The molecule has 0 bridgehead atoms. The molecular weight excluding hydrogens is 154 g/mol. The molecule has 2 atom stereocenters. The van der Waals surface area contributed by atoms with Gasteiger partial charge < -0.3 is 15.2 Å². The first-order valence-electron chi connectivity index (χ1n) is 4.44. The zero-order valence-corrected chi connectivity index (χ0v) is 8.66. The van der Waals surface area contributed by atoms with Gasteiger partial charge in [-0.1, -0.05) is 27.7 Å². The smallest absolute Gasteiger partial charge is 0.139 e. The van der Waals surface area contributed by atoms with E-state index in [2.05, 4.69) is 5.32 Å². The number of carbonyl (C=O) groups excluding carboxylic acids is 1. The number of aldehydes is 1. The van der Waals surface area contributed by atoms with Gasteiger partial charge in [-0.25, -0.2) is 0 Å². The normalized spacial score (nSPS) is 14.6. The summed E-state index contributed by atoms with van der Waals surface area (Å²) in [6.07, 6.45) is 0.146. The van der Waals surface area contributed by atoms with E-state index in [1.54, 1.807) is 7.05 Å². The Morgan fingerprint density at radius 3 is 1.83 bits per heavy atom. The first-order chi connectivity index (χ1) is 5.63. The second-order valence-electron chi connectivity index (χ2n) is 2.69. The number of aliphatic hydroxyl groups excluding tert-OH is 1. The Bertz CT molecular complexity index is 105. The molecule has 0 radical (unpaired) electrons. The Morgan fingerprint density at radius 2 is 1.75 bits per heavy atom. The number of likely N-dealkylation sites (N-methyl/N-ethyl adjacent to an activating group) is 1. The number of hydrogen-bond donors (Lipinski definition) is 2. The number of rotatable bonds is 4. The second-order valence-corrected chi connectivity index (χ2v) is 2.69. The lowest BCUT2D eigenvalue weighted by Crippen LogP contribution is -2.41. The van der Waals surface area contributed by atoms with Gasteiger partial charge in [0.15, 0.2) is 0 Å². The van der Waals surface area contributed by atoms with E-state index in [9.17, 15) is 9.90 Å². The van der Waals surface area contributed by atoms with E-state index in [0.29, 0.717) is 0 Å². The minimum absolute atomic E-state index is 0.114. The predicted molar refractivity (Wildman–Crippen MR) is 51.1 cm³/mol. The van der Waals surface area contributed by atoms with Crippen molar-refractivity contribution in [3.63, 3.8) is 0 Å². The molecule has 0 aromatic rings. The number of nitrogens with one attached hydrogen (secondary N) is 1. The molecule has 0 spiro atoms. The predicted octanol–water partition coefficient (Wildman–Crippen LogP) is 0.816. The number of carbonyl (C=O) groups is 1. The molecule has 0 amide bonds. The van der Waals surface area contributed by atoms with Crippen molar-refractivity contribution in [2.45, 2.75) is 39.8 Å². The van der Waals surface area contributed by atoms with Crippen molar-refractivity contribution in [2.24, 2.45) is 5.92 Å². The molecule has 2 N–H and O–H groups in total. The fourth-order valence-electron chi connectivity index (χ4n) is 0.734. The molecule has 0 aliphatic carbocycles. The van der Waals surface area contributed by atoms with Gasteiger partial charge in [-0.2, -0.15) is 0 Å². The molecule has 74 valence electrons. The molecule has 0 aliphatic rings. The highest BCUT2D eigenvalue weighted by atomic mass is 16.3. The van der Waals surface area contributed by atoms with Crippen LogP contribution in [-0.4, -0.2) is 30.6 Å². The van der Waals surface area contributed by atoms with Crippen LogP contribution in [0.25, 0.3) is 0 Å². The molecule has 0 unspecified atom stereocenters. The summed E-state index contributed by atoms with van der Waals surface area (Å²) in [4.78, 5) is 10.3. The maximum atomic E-state index is 10.3. The van der Waals surface area contributed by atoms with Crippen molar-refractivity contribution in [3.8, 4) is 0 Å². The Hall–Kier alpha value is -0.410. The summed E-state index contributed by atoms with van der Waals surface area (Å²) in [5, 5.41) is 12.0. The van der Waals surface area contributed by atoms with Crippen molar-refractivity contribution < 1.29 is 9.90 Å². The largest absolute Gasteiger partial charge is 0.391 e. The van der Waals surface area contributed by atoms with Crippen molar-refractivity contribution in [3.05, 3.63) is 0 Å². The van der Waals surface area contributed by atoms with Gasteiger partial charge in [-0.05, 0) is 13.0 Å². The molecule has 12 heavy (non-hydrogen) atoms. The summed E-state index contributed by atoms with van der Waals surface area (Å²) < 4.78 is 0. The van der Waals surface area contributed by atoms with Crippen molar-refractivity contribution in [1.82, 2.24) is 5.32 Å². The van der Waals surface area contributed by atoms with Crippen LogP contribution in [0.2, 0.25) is 0 Å². The van der Waals surface area contributed by atoms with Gasteiger partial charge >= 0.3 is 0 Å². The summed E-state index contributed by atoms with van der Waals surface area (Å²) in [5.41, 5.74) is 0. The van der Waals surface area contributed by atoms with Crippen molar-refractivity contribution in [2.75, 3.05) is 7.05 Å². The van der Waals surface area contributed by atoms with E-state index in [-0.39, 0.29) is 5.92 Å². The molecule has 3 heteroatoms. The van der Waals surface area contributed by atoms with E-state index in [1.165, 1.54) is 0 Å². The van der Waals surface area contributed by atoms with E-state index < -0.39 is 12.1 Å². The molecule has 0 aromatic heterocycles. The first-order valence-corrected chi connectivity index (χ1v) is 4.44. The van der Waals surface area contributed by atoms with Crippen LogP contribution in [0, 0.1) is 5.92 Å². The van der Waals surface area contributed by atoms with Crippen LogP contribution in [0.4, 0.5) is 0 Å². The summed E-state index contributed by atoms with van der Waals surface area (Å²) in [6, 6.07) is -0.431. The van der Waals surface area contributed by atoms with Crippen LogP contribution in [0.5, 0.6) is 0 Å². The Labute approximate surface area is 75.2 Å². The van der Waals surface area contributed by atoms with Gasteiger partial charge in [-0.3, -0.25) is 0 Å². The van der Waals surface area contributed by atoms with Crippen LogP contribution in [0.3, 0.4) is 0 Å². The van der Waals surface area contributed by atoms with Gasteiger partial charge in [0, 0.05) is 0 Å². The Kier molecular flexibility index (Phi) is 10.2. The Balaban J connectivity index is 0. The quantitative estimate of drug-likeness (QED) is 0.622. The van der Waals surface area contributed by atoms with Crippen LogP contribution < -0.4 is 5.32 Å². The lowest BCUT2D eigenvalue weighted by Gasteiger charge is -2.19. The molecular formula is C9H21NO2. The highest BCUT2D eigenvalue weighted by Crippen LogP contribution is 2.03. The van der Waals surface area contributed by atoms with E-state index >= 15 is 0 Å². The SMILES string of the molecule is CC.CN[C@H](C=O)[C@H](O)C(C)C. The minimum Gasteiger partial charge on any atom is -0.391 e. The van der Waals surface area contributed by atoms with Gasteiger partial charge in [0.25, 0.3) is 0 Å². The number of hydrogen-bond acceptors (Lipinski definition) is 3. The second kappa shape index (κ2) is 8.68. The summed E-state index contributed by atoms with van der Waals surface area (Å²) in [5.74, 6) is 0.114. The standard InChI is InChI=1S/C7H15NO2.C2H6/c1-5(2)7(10)6(4-9)8-3;1-2/h4-8,10H,1-3H3;1-2H3/t6-,7-;/m1./s1. The zero-order chi connectivity index (χ0) is 10.1. The van der Waals surface area contributed by atoms with E-state index in [1.807, 2.05) is 27.7 Å². The van der Waals surface area contributed by atoms with Crippen molar-refractivity contribution >= 4 is 6.29 Å². The van der Waals surface area contributed by atoms with Crippen LogP contribution in [0.1, 0.15) is 27.7 Å². The molecule has 3 nitrogen and oxygen atoms in total. The first kappa shape index (κ1) is 14.1. The fourth-order valence-corrected chi connectivity index (χ4v) is 0.734. The fraction of sp³-hybridized carbons (Fsp3) is 0.889. The third-order valence-electron chi connectivity index (χ3n) is 1.53. The monoisotopic (exact) mass is 175 g/mol. The third-order valence-corrected chi connectivity index (χ3v) is 1.53. The summed E-state index contributed by atoms with van der Waals surface area (Å²) in [6.45, 7) is 7.75. The zero-order valence-electron chi connectivity index (χ0n) is 8.66. The number of aliphatic hydroxyl groups is 1. The molecule has 0 saturated carbocycles. The van der Waals surface area contributed by atoms with Crippen molar-refractivity contribution in [1.29, 1.82) is 0 Å². The van der Waals surface area contributed by atoms with Crippen LogP contribution in [-0.2, 0) is 4.79 Å². The van der Waals surface area contributed by atoms with E-state index in [4.69, 9.17) is 0 Å². The van der Waals surface area contributed by atoms with Gasteiger partial charge in [-0.15, -0.1) is 0 Å². The molecule has 0 saturated heterocycles. The summed E-state index contributed by atoms with van der Waals surface area (Å²) >= 11 is 0. The molecule has 0 fully saturated rings. The lowest BCUT2D eigenvalue weighted by molar-refractivity contribution is -0.112. The van der Waals surface area contributed by atoms with E-state index in [0.717, 1.165) is 6.29 Å². The average molecular weight is 175 g/mol. The highest BCUT2D eigenvalue weighted by molar-refractivity contribution is 5.58. The van der Waals surface area contributed by atoms with Crippen LogP contribution >= 0.6 is 0 Å². The maximum absolute atomic E-state index is 10.3. The average Bonchev–Trinajstić information content (AvgIpc) is 2.10. The molecule has 0 aliphatic heterocycles.